The summed E-state index contributed by atoms with van der Waals surface area (Å²) < 4.78 is 5.13. The number of urea groups is 1. The van der Waals surface area contributed by atoms with Gasteiger partial charge in [0.2, 0.25) is 5.88 Å². The van der Waals surface area contributed by atoms with Gasteiger partial charge in [0.05, 0.1) is 11.1 Å². The summed E-state index contributed by atoms with van der Waals surface area (Å²) in [6.45, 7) is 7.88. The van der Waals surface area contributed by atoms with E-state index in [9.17, 15) is 4.79 Å². The van der Waals surface area contributed by atoms with Gasteiger partial charge in [0, 0.05) is 38.4 Å². The molecule has 9 nitrogen and oxygen atoms in total. The van der Waals surface area contributed by atoms with Crippen LogP contribution in [0.15, 0.2) is 29.2 Å². The van der Waals surface area contributed by atoms with Gasteiger partial charge >= 0.3 is 6.03 Å². The molecule has 2 fully saturated rings. The molecule has 2 N–H and O–H groups in total. The number of fused-ring (bicyclic) bond motifs is 2. The number of aromatic amines is 1. The molecule has 0 unspecified atom stereocenters. The Hall–Kier alpha value is -3.10. The first-order valence-corrected chi connectivity index (χ1v) is 10.3. The number of anilines is 2. The van der Waals surface area contributed by atoms with E-state index < -0.39 is 0 Å². The van der Waals surface area contributed by atoms with E-state index in [2.05, 4.69) is 51.2 Å². The fourth-order valence-electron chi connectivity index (χ4n) is 5.35. The van der Waals surface area contributed by atoms with Crippen molar-refractivity contribution >= 4 is 28.8 Å². The number of amides is 2. The number of carbonyl (C=O) groups excluding carboxylic acids is 1. The number of hydrogen-bond acceptors (Lipinski definition) is 6. The molecule has 9 heteroatoms. The SMILES string of the molecule is Cc1cc(NC(=O)N2C[C@]3(C)C[C@@H](N(C)c4ncnc5[nH]ccc45)C[C@]3(C)C2)on1. The van der Waals surface area contributed by atoms with E-state index in [1.807, 2.05) is 24.1 Å². The number of nitrogens with one attached hydrogen (secondary N) is 2. The maximum Gasteiger partial charge on any atom is 0.324 e. The molecule has 2 aliphatic rings. The Balaban J connectivity index is 1.32. The molecule has 0 bridgehead atoms. The molecule has 1 saturated carbocycles. The minimum atomic E-state index is -0.127. The Bertz CT molecular complexity index is 1090. The number of H-pyrrole nitrogens is 1. The van der Waals surface area contributed by atoms with Gasteiger partial charge in [0.1, 0.15) is 17.8 Å². The standard InChI is InChI=1S/C21H27N7O2/c1-13-7-16(30-26-13)25-19(29)28-10-20(2)8-14(9-21(20,3)11-28)27(4)18-15-5-6-22-17(15)23-12-24-18/h5-7,12,14H,8-11H2,1-4H3,(H,25,29)(H,22,23,24)/t14-,20+,21-. The van der Waals surface area contributed by atoms with Gasteiger partial charge in [-0.3, -0.25) is 5.32 Å². The van der Waals surface area contributed by atoms with Crippen molar-refractivity contribution in [1.82, 2.24) is 25.0 Å². The average molecular weight is 409 g/mol. The lowest BCUT2D eigenvalue weighted by atomic mass is 9.71. The number of carbonyl (C=O) groups is 1. The molecule has 30 heavy (non-hydrogen) atoms. The predicted molar refractivity (Wildman–Crippen MR) is 113 cm³/mol. The molecule has 0 radical (unpaired) electrons. The molecule has 3 aromatic heterocycles. The fourth-order valence-corrected chi connectivity index (χ4v) is 5.35. The second-order valence-corrected chi connectivity index (χ2v) is 9.35. The van der Waals surface area contributed by atoms with Crippen LogP contribution in [0.2, 0.25) is 0 Å². The van der Waals surface area contributed by atoms with Gasteiger partial charge in [-0.25, -0.2) is 14.8 Å². The number of aryl methyl sites for hydroxylation is 1. The van der Waals surface area contributed by atoms with Crippen molar-refractivity contribution < 1.29 is 9.32 Å². The second-order valence-electron chi connectivity index (χ2n) is 9.35. The lowest BCUT2D eigenvalue weighted by molar-refractivity contribution is 0.184. The van der Waals surface area contributed by atoms with Crippen LogP contribution in [0.4, 0.5) is 16.5 Å². The summed E-state index contributed by atoms with van der Waals surface area (Å²) >= 11 is 0. The fraction of sp³-hybridized carbons (Fsp3) is 0.524. The zero-order valence-electron chi connectivity index (χ0n) is 17.8. The zero-order chi connectivity index (χ0) is 21.1. The van der Waals surface area contributed by atoms with Crippen LogP contribution in [-0.4, -0.2) is 57.2 Å². The number of likely N-dealkylation sites (tertiary alicyclic amines) is 1. The van der Waals surface area contributed by atoms with Crippen molar-refractivity contribution in [3.8, 4) is 0 Å². The highest BCUT2D eigenvalue weighted by molar-refractivity contribution is 5.88. The van der Waals surface area contributed by atoms with Crippen molar-refractivity contribution in [2.45, 2.75) is 39.7 Å². The average Bonchev–Trinajstić information content (AvgIpc) is 3.42. The summed E-state index contributed by atoms with van der Waals surface area (Å²) in [5, 5.41) is 7.70. The topological polar surface area (TPSA) is 103 Å². The Morgan fingerprint density at radius 2 is 2.03 bits per heavy atom. The van der Waals surface area contributed by atoms with Crippen molar-refractivity contribution in [3.05, 3.63) is 30.4 Å². The first kappa shape index (κ1) is 18.9. The van der Waals surface area contributed by atoms with Crippen molar-refractivity contribution in [1.29, 1.82) is 0 Å². The Labute approximate surface area is 174 Å². The number of hydrogen-bond donors (Lipinski definition) is 2. The lowest BCUT2D eigenvalue weighted by Crippen LogP contribution is -2.38. The number of nitrogens with zero attached hydrogens (tertiary/aromatic N) is 5. The molecule has 1 aliphatic heterocycles. The number of aromatic nitrogens is 4. The lowest BCUT2D eigenvalue weighted by Gasteiger charge is -2.31. The highest BCUT2D eigenvalue weighted by atomic mass is 16.5. The van der Waals surface area contributed by atoms with Gasteiger partial charge < -0.3 is 19.3 Å². The normalized spacial score (nSPS) is 28.1. The summed E-state index contributed by atoms with van der Waals surface area (Å²) in [4.78, 5) is 29.0. The summed E-state index contributed by atoms with van der Waals surface area (Å²) in [6, 6.07) is 3.98. The quantitative estimate of drug-likeness (QED) is 0.687. The number of rotatable bonds is 3. The molecule has 2 amide bonds. The maximum atomic E-state index is 12.8. The molecule has 3 atom stereocenters. The van der Waals surface area contributed by atoms with E-state index >= 15 is 0 Å². The summed E-state index contributed by atoms with van der Waals surface area (Å²) in [6.07, 6.45) is 5.51. The Kier molecular flexibility index (Phi) is 4.06. The molecule has 158 valence electrons. The third-order valence-corrected chi connectivity index (χ3v) is 7.27. The van der Waals surface area contributed by atoms with E-state index in [-0.39, 0.29) is 16.9 Å². The predicted octanol–water partition coefficient (Wildman–Crippen LogP) is 3.41. The molecule has 0 aromatic carbocycles. The van der Waals surface area contributed by atoms with Crippen molar-refractivity contribution in [3.63, 3.8) is 0 Å². The minimum absolute atomic E-state index is 0.0326. The Morgan fingerprint density at radius 3 is 2.70 bits per heavy atom. The van der Waals surface area contributed by atoms with Gasteiger partial charge in [-0.15, -0.1) is 0 Å². The summed E-state index contributed by atoms with van der Waals surface area (Å²) in [7, 11) is 2.12. The molecular formula is C21H27N7O2. The molecule has 5 rings (SSSR count). The molecule has 4 heterocycles. The first-order chi connectivity index (χ1) is 14.3. The van der Waals surface area contributed by atoms with Gasteiger partial charge in [0.15, 0.2) is 0 Å². The van der Waals surface area contributed by atoms with E-state index in [4.69, 9.17) is 4.52 Å². The first-order valence-electron chi connectivity index (χ1n) is 10.3. The third-order valence-electron chi connectivity index (χ3n) is 7.27. The summed E-state index contributed by atoms with van der Waals surface area (Å²) in [5.74, 6) is 1.34. The van der Waals surface area contributed by atoms with Crippen LogP contribution in [0.25, 0.3) is 11.0 Å². The maximum absolute atomic E-state index is 12.8. The molecule has 1 aliphatic carbocycles. The highest BCUT2D eigenvalue weighted by Crippen LogP contribution is 2.58. The molecule has 1 saturated heterocycles. The van der Waals surface area contributed by atoms with Crippen LogP contribution < -0.4 is 10.2 Å². The van der Waals surface area contributed by atoms with Crippen LogP contribution in [0.3, 0.4) is 0 Å². The van der Waals surface area contributed by atoms with E-state index in [1.165, 1.54) is 0 Å². The van der Waals surface area contributed by atoms with Crippen molar-refractivity contribution in [2.24, 2.45) is 10.8 Å². The van der Waals surface area contributed by atoms with Gasteiger partial charge in [-0.1, -0.05) is 19.0 Å². The smallest absolute Gasteiger partial charge is 0.324 e. The largest absolute Gasteiger partial charge is 0.356 e. The van der Waals surface area contributed by atoms with Gasteiger partial charge in [-0.05, 0) is 36.7 Å². The second kappa shape index (κ2) is 6.45. The van der Waals surface area contributed by atoms with Gasteiger partial charge in [0.25, 0.3) is 0 Å². The van der Waals surface area contributed by atoms with Crippen LogP contribution in [0.1, 0.15) is 32.4 Å². The van der Waals surface area contributed by atoms with Gasteiger partial charge in [-0.2, -0.15) is 0 Å². The minimum Gasteiger partial charge on any atom is -0.356 e. The van der Waals surface area contributed by atoms with Crippen LogP contribution in [0.5, 0.6) is 0 Å². The van der Waals surface area contributed by atoms with Crippen LogP contribution >= 0.6 is 0 Å². The molecule has 0 spiro atoms. The highest BCUT2D eigenvalue weighted by Gasteiger charge is 2.59. The third kappa shape index (κ3) is 2.83. The Morgan fingerprint density at radius 1 is 1.30 bits per heavy atom. The van der Waals surface area contributed by atoms with E-state index in [1.54, 1.807) is 12.4 Å². The van der Waals surface area contributed by atoms with Crippen molar-refractivity contribution in [2.75, 3.05) is 30.4 Å². The molecule has 3 aromatic rings. The monoisotopic (exact) mass is 409 g/mol. The van der Waals surface area contributed by atoms with Crippen LogP contribution in [-0.2, 0) is 0 Å². The van der Waals surface area contributed by atoms with E-state index in [0.29, 0.717) is 11.9 Å². The molecular weight excluding hydrogens is 382 g/mol. The van der Waals surface area contributed by atoms with Crippen LogP contribution in [0, 0.1) is 17.8 Å². The van der Waals surface area contributed by atoms with E-state index in [0.717, 1.165) is 48.5 Å². The zero-order valence-corrected chi connectivity index (χ0v) is 17.8. The summed E-state index contributed by atoms with van der Waals surface area (Å²) in [5.41, 5.74) is 1.66.